The lowest BCUT2D eigenvalue weighted by atomic mass is 9.92. The van der Waals surface area contributed by atoms with E-state index in [1.54, 1.807) is 11.3 Å². The zero-order valence-corrected chi connectivity index (χ0v) is 14.1. The van der Waals surface area contributed by atoms with Gasteiger partial charge >= 0.3 is 6.09 Å². The number of rotatable bonds is 8. The van der Waals surface area contributed by atoms with Crippen molar-refractivity contribution in [1.82, 2.24) is 5.32 Å². The molecule has 0 aliphatic carbocycles. The number of carbonyl (C=O) groups is 1. The number of ether oxygens (including phenoxy) is 1. The lowest BCUT2D eigenvalue weighted by Gasteiger charge is -2.26. The Hall–Kier alpha value is -1.85. The average molecular weight is 333 g/mol. The zero-order valence-electron chi connectivity index (χ0n) is 13.3. The molecule has 1 amide bonds. The van der Waals surface area contributed by atoms with Gasteiger partial charge in [0, 0.05) is 11.4 Å². The molecule has 2 N–H and O–H groups in total. The SMILES string of the molecule is CCCC(O)(CCNC(=O)OCc1ccccc1)c1cccs1. The van der Waals surface area contributed by atoms with Crippen LogP contribution < -0.4 is 5.32 Å². The van der Waals surface area contributed by atoms with Crippen molar-refractivity contribution in [3.63, 3.8) is 0 Å². The number of alkyl carbamates (subject to hydrolysis) is 1. The van der Waals surface area contributed by atoms with Crippen molar-refractivity contribution in [3.8, 4) is 0 Å². The molecule has 1 aromatic heterocycles. The highest BCUT2D eigenvalue weighted by Gasteiger charge is 2.29. The summed E-state index contributed by atoms with van der Waals surface area (Å²) in [6.07, 6.45) is 1.57. The highest BCUT2D eigenvalue weighted by atomic mass is 32.1. The zero-order chi connectivity index (χ0) is 16.5. The van der Waals surface area contributed by atoms with E-state index in [9.17, 15) is 9.90 Å². The quantitative estimate of drug-likeness (QED) is 0.766. The number of hydrogen-bond donors (Lipinski definition) is 2. The minimum Gasteiger partial charge on any atom is -0.445 e. The average Bonchev–Trinajstić information content (AvgIpc) is 3.09. The van der Waals surface area contributed by atoms with Crippen LogP contribution in [0, 0.1) is 0 Å². The topological polar surface area (TPSA) is 58.6 Å². The summed E-state index contributed by atoms with van der Waals surface area (Å²) in [5.74, 6) is 0. The van der Waals surface area contributed by atoms with Crippen molar-refractivity contribution in [2.24, 2.45) is 0 Å². The van der Waals surface area contributed by atoms with Gasteiger partial charge in [-0.05, 0) is 29.9 Å². The second kappa shape index (κ2) is 8.70. The van der Waals surface area contributed by atoms with Gasteiger partial charge in [0.2, 0.25) is 0 Å². The molecule has 2 aromatic rings. The molecule has 0 spiro atoms. The third-order valence-corrected chi connectivity index (χ3v) is 4.73. The number of hydrogen-bond acceptors (Lipinski definition) is 4. The van der Waals surface area contributed by atoms with Crippen LogP contribution in [0.1, 0.15) is 36.6 Å². The van der Waals surface area contributed by atoms with Crippen LogP contribution in [0.2, 0.25) is 0 Å². The summed E-state index contributed by atoms with van der Waals surface area (Å²) in [5.41, 5.74) is 0.0686. The largest absolute Gasteiger partial charge is 0.445 e. The van der Waals surface area contributed by atoms with Crippen molar-refractivity contribution in [3.05, 3.63) is 58.3 Å². The Morgan fingerprint density at radius 1 is 1.22 bits per heavy atom. The monoisotopic (exact) mass is 333 g/mol. The molecule has 23 heavy (non-hydrogen) atoms. The summed E-state index contributed by atoms with van der Waals surface area (Å²) in [7, 11) is 0. The van der Waals surface area contributed by atoms with Crippen LogP contribution in [0.5, 0.6) is 0 Å². The van der Waals surface area contributed by atoms with Gasteiger partial charge in [-0.25, -0.2) is 4.79 Å². The van der Waals surface area contributed by atoms with Crippen molar-refractivity contribution in [2.45, 2.75) is 38.4 Å². The van der Waals surface area contributed by atoms with E-state index in [0.29, 0.717) is 19.4 Å². The first-order chi connectivity index (χ1) is 11.1. The maximum absolute atomic E-state index is 11.7. The molecular weight excluding hydrogens is 310 g/mol. The second-order valence-electron chi connectivity index (χ2n) is 5.50. The molecule has 4 nitrogen and oxygen atoms in total. The second-order valence-corrected chi connectivity index (χ2v) is 6.45. The summed E-state index contributed by atoms with van der Waals surface area (Å²) >= 11 is 1.54. The Morgan fingerprint density at radius 3 is 2.65 bits per heavy atom. The Bertz CT molecular complexity index is 586. The molecule has 0 radical (unpaired) electrons. The molecule has 0 saturated heterocycles. The first-order valence-electron chi connectivity index (χ1n) is 7.85. The Kier molecular flexibility index (Phi) is 6.62. The number of thiophene rings is 1. The van der Waals surface area contributed by atoms with E-state index in [1.807, 2.05) is 54.8 Å². The summed E-state index contributed by atoms with van der Waals surface area (Å²) in [6.45, 7) is 2.67. The van der Waals surface area contributed by atoms with Gasteiger partial charge in [0.25, 0.3) is 0 Å². The molecule has 0 aliphatic rings. The van der Waals surface area contributed by atoms with Crippen molar-refractivity contribution in [2.75, 3.05) is 6.54 Å². The van der Waals surface area contributed by atoms with E-state index >= 15 is 0 Å². The van der Waals surface area contributed by atoms with E-state index in [4.69, 9.17) is 4.74 Å². The summed E-state index contributed by atoms with van der Waals surface area (Å²) in [4.78, 5) is 12.7. The normalized spacial score (nSPS) is 13.3. The van der Waals surface area contributed by atoms with Gasteiger partial charge in [-0.1, -0.05) is 49.7 Å². The maximum atomic E-state index is 11.7. The van der Waals surface area contributed by atoms with E-state index < -0.39 is 11.7 Å². The van der Waals surface area contributed by atoms with Crippen molar-refractivity contribution in [1.29, 1.82) is 0 Å². The van der Waals surface area contributed by atoms with Crippen LogP contribution in [-0.4, -0.2) is 17.7 Å². The van der Waals surface area contributed by atoms with E-state index in [1.165, 1.54) is 0 Å². The molecular formula is C18H23NO3S. The van der Waals surface area contributed by atoms with Crippen molar-refractivity contribution < 1.29 is 14.6 Å². The lowest BCUT2D eigenvalue weighted by Crippen LogP contribution is -2.33. The predicted molar refractivity (Wildman–Crippen MR) is 92.4 cm³/mol. The highest BCUT2D eigenvalue weighted by Crippen LogP contribution is 2.33. The summed E-state index contributed by atoms with van der Waals surface area (Å²) in [5, 5.41) is 15.5. The van der Waals surface area contributed by atoms with Gasteiger partial charge in [-0.3, -0.25) is 0 Å². The van der Waals surface area contributed by atoms with Gasteiger partial charge in [0.05, 0.1) is 0 Å². The van der Waals surface area contributed by atoms with Gasteiger partial charge in [-0.2, -0.15) is 0 Å². The third kappa shape index (κ3) is 5.37. The summed E-state index contributed by atoms with van der Waals surface area (Å²) in [6, 6.07) is 13.4. The standard InChI is InChI=1S/C18H23NO3S/c1-2-10-18(21,16-9-6-13-23-16)11-12-19-17(20)22-14-15-7-4-3-5-8-15/h3-9,13,21H,2,10-12,14H2,1H3,(H,19,20). The van der Waals surface area contributed by atoms with Crippen LogP contribution in [0.25, 0.3) is 0 Å². The number of amides is 1. The fraction of sp³-hybridized carbons (Fsp3) is 0.389. The third-order valence-electron chi connectivity index (χ3n) is 3.66. The van der Waals surface area contributed by atoms with Gasteiger partial charge in [0.15, 0.2) is 0 Å². The molecule has 0 fully saturated rings. The smallest absolute Gasteiger partial charge is 0.407 e. The predicted octanol–water partition coefficient (Wildman–Crippen LogP) is 4.05. The van der Waals surface area contributed by atoms with Crippen molar-refractivity contribution >= 4 is 17.4 Å². The van der Waals surface area contributed by atoms with Gasteiger partial charge in [-0.15, -0.1) is 11.3 Å². The van der Waals surface area contributed by atoms with Crippen LogP contribution in [0.15, 0.2) is 47.8 Å². The molecule has 124 valence electrons. The molecule has 2 rings (SSSR count). The van der Waals surface area contributed by atoms with Crippen LogP contribution in [0.4, 0.5) is 4.79 Å². The number of nitrogens with one attached hydrogen (secondary N) is 1. The van der Waals surface area contributed by atoms with E-state index in [0.717, 1.165) is 16.9 Å². The minimum atomic E-state index is -0.879. The molecule has 5 heteroatoms. The maximum Gasteiger partial charge on any atom is 0.407 e. The molecule has 1 heterocycles. The van der Waals surface area contributed by atoms with Crippen LogP contribution >= 0.6 is 11.3 Å². The Balaban J connectivity index is 1.77. The van der Waals surface area contributed by atoms with E-state index in [2.05, 4.69) is 5.32 Å². The van der Waals surface area contributed by atoms with Crippen LogP contribution in [0.3, 0.4) is 0 Å². The molecule has 1 unspecified atom stereocenters. The molecule has 0 bridgehead atoms. The Morgan fingerprint density at radius 2 is 2.00 bits per heavy atom. The fourth-order valence-corrected chi connectivity index (χ4v) is 3.36. The van der Waals surface area contributed by atoms with E-state index in [-0.39, 0.29) is 6.61 Å². The fourth-order valence-electron chi connectivity index (χ4n) is 2.47. The number of carbonyl (C=O) groups excluding carboxylic acids is 1. The highest BCUT2D eigenvalue weighted by molar-refractivity contribution is 7.10. The first kappa shape index (κ1) is 17.5. The Labute approximate surface area is 141 Å². The summed E-state index contributed by atoms with van der Waals surface area (Å²) < 4.78 is 5.16. The molecule has 0 aliphatic heterocycles. The number of benzene rings is 1. The lowest BCUT2D eigenvalue weighted by molar-refractivity contribution is 0.0215. The van der Waals surface area contributed by atoms with Gasteiger partial charge < -0.3 is 15.2 Å². The number of aliphatic hydroxyl groups is 1. The van der Waals surface area contributed by atoms with Gasteiger partial charge in [0.1, 0.15) is 12.2 Å². The molecule has 1 atom stereocenters. The van der Waals surface area contributed by atoms with Crippen LogP contribution in [-0.2, 0) is 16.9 Å². The first-order valence-corrected chi connectivity index (χ1v) is 8.73. The minimum absolute atomic E-state index is 0.247. The molecule has 1 aromatic carbocycles. The molecule has 0 saturated carbocycles.